The third-order valence-corrected chi connectivity index (χ3v) is 3.18. The highest BCUT2D eigenvalue weighted by molar-refractivity contribution is 5.65. The number of fused-ring (bicyclic) bond motifs is 1. The molecule has 0 aliphatic heterocycles. The first-order valence-corrected chi connectivity index (χ1v) is 5.32. The summed E-state index contributed by atoms with van der Waals surface area (Å²) in [6, 6.07) is 17.0. The summed E-state index contributed by atoms with van der Waals surface area (Å²) >= 11 is 0. The molecule has 2 heteroatoms. The molecule has 0 aromatic heterocycles. The summed E-state index contributed by atoms with van der Waals surface area (Å²) in [5.74, 6) is -1.40. The summed E-state index contributed by atoms with van der Waals surface area (Å²) in [6.45, 7) is 0. The molecule has 0 N–H and O–H groups in total. The summed E-state index contributed by atoms with van der Waals surface area (Å²) in [5, 5.41) is 0. The van der Waals surface area contributed by atoms with E-state index in [4.69, 9.17) is 0 Å². The van der Waals surface area contributed by atoms with E-state index in [0.29, 0.717) is 0 Å². The molecule has 2 aromatic carbocycles. The van der Waals surface area contributed by atoms with Gasteiger partial charge in [0.05, 0.1) is 0 Å². The zero-order chi connectivity index (χ0) is 11.2. The number of rotatable bonds is 2. The quantitative estimate of drug-likeness (QED) is 0.692. The van der Waals surface area contributed by atoms with Crippen LogP contribution < -0.4 is 4.90 Å². The number of halogens is 1. The van der Waals surface area contributed by atoms with Crippen molar-refractivity contribution in [2.24, 2.45) is 0 Å². The van der Waals surface area contributed by atoms with Crippen molar-refractivity contribution in [1.29, 1.82) is 0 Å². The molecule has 1 nitrogen and oxygen atoms in total. The average molecular weight is 213 g/mol. The minimum Gasteiger partial charge on any atom is -0.335 e. The monoisotopic (exact) mass is 213 g/mol. The van der Waals surface area contributed by atoms with Gasteiger partial charge in [0.1, 0.15) is 0 Å². The number of benzene rings is 2. The second-order valence-electron chi connectivity index (χ2n) is 4.06. The Morgan fingerprint density at radius 1 is 0.875 bits per heavy atom. The maximum absolute atomic E-state index is 14.7. The number of hydrogen-bond acceptors (Lipinski definition) is 1. The van der Waals surface area contributed by atoms with E-state index in [-0.39, 0.29) is 0 Å². The Morgan fingerprint density at radius 3 is 1.94 bits per heavy atom. The molecule has 2 aromatic rings. The van der Waals surface area contributed by atoms with E-state index in [0.717, 1.165) is 16.8 Å². The molecule has 3 rings (SSSR count). The fourth-order valence-corrected chi connectivity index (χ4v) is 2.18. The SMILES string of the molecule is CN(c1ccccc1)C1(F)c2ccccc21. The molecular weight excluding hydrogens is 201 g/mol. The highest BCUT2D eigenvalue weighted by atomic mass is 19.1. The van der Waals surface area contributed by atoms with E-state index >= 15 is 0 Å². The summed E-state index contributed by atoms with van der Waals surface area (Å²) in [6.07, 6.45) is 0. The molecule has 1 aliphatic rings. The Hall–Kier alpha value is -1.83. The topological polar surface area (TPSA) is 3.24 Å². The molecule has 1 aliphatic carbocycles. The van der Waals surface area contributed by atoms with Crippen molar-refractivity contribution in [3.8, 4) is 0 Å². The zero-order valence-electron chi connectivity index (χ0n) is 9.02. The summed E-state index contributed by atoms with van der Waals surface area (Å²) in [5.41, 5.74) is 2.45. The summed E-state index contributed by atoms with van der Waals surface area (Å²) < 4.78 is 14.7. The second-order valence-corrected chi connectivity index (χ2v) is 4.06. The van der Waals surface area contributed by atoms with Crippen molar-refractivity contribution in [1.82, 2.24) is 0 Å². The number of alkyl halides is 1. The van der Waals surface area contributed by atoms with Crippen LogP contribution in [0.3, 0.4) is 0 Å². The lowest BCUT2D eigenvalue weighted by Gasteiger charge is -2.24. The number of nitrogens with zero attached hydrogens (tertiary/aromatic N) is 1. The van der Waals surface area contributed by atoms with Gasteiger partial charge in [-0.1, -0.05) is 42.5 Å². The summed E-state index contributed by atoms with van der Waals surface area (Å²) in [4.78, 5) is 1.68. The van der Waals surface area contributed by atoms with Crippen molar-refractivity contribution in [3.05, 3.63) is 65.7 Å². The standard InChI is InChI=1S/C14H12FN/c1-16(11-7-3-2-4-8-11)14(15)12-9-5-6-10-13(12)14/h2-10H,1H3. The number of para-hydroxylation sites is 1. The maximum Gasteiger partial charge on any atom is 0.235 e. The molecule has 0 heterocycles. The molecule has 16 heavy (non-hydrogen) atoms. The largest absolute Gasteiger partial charge is 0.335 e. The number of anilines is 1. The Kier molecular flexibility index (Phi) is 1.81. The minimum atomic E-state index is -1.40. The molecule has 0 bridgehead atoms. The molecule has 0 spiro atoms. The Balaban J connectivity index is 1.98. The van der Waals surface area contributed by atoms with Crippen LogP contribution in [0, 0.1) is 0 Å². The van der Waals surface area contributed by atoms with Gasteiger partial charge in [-0.2, -0.15) is 0 Å². The fraction of sp³-hybridized carbons (Fsp3) is 0.143. The van der Waals surface area contributed by atoms with Crippen LogP contribution in [0.15, 0.2) is 54.6 Å². The molecule has 0 radical (unpaired) electrons. The molecule has 0 amide bonds. The fourth-order valence-electron chi connectivity index (χ4n) is 2.18. The van der Waals surface area contributed by atoms with Crippen LogP contribution >= 0.6 is 0 Å². The molecule has 0 atom stereocenters. The van der Waals surface area contributed by atoms with Gasteiger partial charge in [-0.05, 0) is 12.1 Å². The van der Waals surface area contributed by atoms with E-state index in [9.17, 15) is 4.39 Å². The lowest BCUT2D eigenvalue weighted by Crippen LogP contribution is -2.28. The van der Waals surface area contributed by atoms with Crippen LogP contribution in [-0.4, -0.2) is 7.05 Å². The Labute approximate surface area is 94.1 Å². The van der Waals surface area contributed by atoms with Gasteiger partial charge in [0.15, 0.2) is 0 Å². The van der Waals surface area contributed by atoms with Crippen LogP contribution in [0.5, 0.6) is 0 Å². The van der Waals surface area contributed by atoms with Gasteiger partial charge in [-0.25, -0.2) is 4.39 Å². The van der Waals surface area contributed by atoms with Crippen LogP contribution in [0.2, 0.25) is 0 Å². The van der Waals surface area contributed by atoms with Crippen molar-refractivity contribution >= 4 is 5.69 Å². The van der Waals surface area contributed by atoms with Gasteiger partial charge in [0.2, 0.25) is 5.79 Å². The lowest BCUT2D eigenvalue weighted by atomic mass is 10.2. The molecule has 80 valence electrons. The van der Waals surface area contributed by atoms with E-state index in [2.05, 4.69) is 0 Å². The van der Waals surface area contributed by atoms with E-state index < -0.39 is 5.79 Å². The van der Waals surface area contributed by atoms with Crippen LogP contribution in [0.1, 0.15) is 11.1 Å². The van der Waals surface area contributed by atoms with Gasteiger partial charge in [0, 0.05) is 23.9 Å². The highest BCUT2D eigenvalue weighted by Crippen LogP contribution is 2.53. The predicted molar refractivity (Wildman–Crippen MR) is 63.2 cm³/mol. The van der Waals surface area contributed by atoms with Crippen LogP contribution in [0.4, 0.5) is 10.1 Å². The normalized spacial score (nSPS) is 15.4. The summed E-state index contributed by atoms with van der Waals surface area (Å²) in [7, 11) is 1.79. The highest BCUT2D eigenvalue weighted by Gasteiger charge is 2.54. The van der Waals surface area contributed by atoms with Crippen molar-refractivity contribution in [3.63, 3.8) is 0 Å². The van der Waals surface area contributed by atoms with Crippen LogP contribution in [-0.2, 0) is 5.79 Å². The van der Waals surface area contributed by atoms with Crippen LogP contribution in [0.25, 0.3) is 0 Å². The first kappa shape index (κ1) is 9.40. The van der Waals surface area contributed by atoms with E-state index in [1.165, 1.54) is 0 Å². The van der Waals surface area contributed by atoms with Gasteiger partial charge < -0.3 is 4.90 Å². The van der Waals surface area contributed by atoms with Gasteiger partial charge in [-0.15, -0.1) is 0 Å². The van der Waals surface area contributed by atoms with Gasteiger partial charge >= 0.3 is 0 Å². The Morgan fingerprint density at radius 2 is 1.38 bits per heavy atom. The smallest absolute Gasteiger partial charge is 0.235 e. The molecule has 0 saturated heterocycles. The molecule has 0 fully saturated rings. The lowest BCUT2D eigenvalue weighted by molar-refractivity contribution is 0.287. The molecule has 0 saturated carbocycles. The van der Waals surface area contributed by atoms with E-state index in [1.54, 1.807) is 11.9 Å². The molecule has 0 unspecified atom stereocenters. The first-order chi connectivity index (χ1) is 7.74. The second kappa shape index (κ2) is 3.08. The Bertz CT molecular complexity index is 498. The molecular formula is C14H12FN. The van der Waals surface area contributed by atoms with Crippen molar-refractivity contribution in [2.75, 3.05) is 11.9 Å². The van der Waals surface area contributed by atoms with Gasteiger partial charge in [0.25, 0.3) is 0 Å². The maximum atomic E-state index is 14.7. The van der Waals surface area contributed by atoms with E-state index in [1.807, 2.05) is 54.6 Å². The first-order valence-electron chi connectivity index (χ1n) is 5.32. The third-order valence-electron chi connectivity index (χ3n) is 3.18. The van der Waals surface area contributed by atoms with Gasteiger partial charge in [-0.3, -0.25) is 0 Å². The number of hydrogen-bond donors (Lipinski definition) is 0. The van der Waals surface area contributed by atoms with Crippen molar-refractivity contribution < 1.29 is 4.39 Å². The minimum absolute atomic E-state index is 0.779. The predicted octanol–water partition coefficient (Wildman–Crippen LogP) is 3.31. The van der Waals surface area contributed by atoms with Crippen molar-refractivity contribution in [2.45, 2.75) is 5.79 Å². The third kappa shape index (κ3) is 1.10. The average Bonchev–Trinajstić information content (AvgIpc) is 2.98. The zero-order valence-corrected chi connectivity index (χ0v) is 9.02.